The minimum Gasteiger partial charge on any atom is -0.383 e. The smallest absolute Gasteiger partial charge is 0.268 e. The maximum Gasteiger partial charge on any atom is 0.268 e. The molecule has 1 atom stereocenters. The van der Waals surface area contributed by atoms with Gasteiger partial charge in [0.15, 0.2) is 0 Å². The van der Waals surface area contributed by atoms with Gasteiger partial charge in [-0.15, -0.1) is 0 Å². The Morgan fingerprint density at radius 1 is 1.23 bits per heavy atom. The van der Waals surface area contributed by atoms with Gasteiger partial charge in [0.2, 0.25) is 0 Å². The van der Waals surface area contributed by atoms with Crippen LogP contribution < -0.4 is 5.32 Å². The number of ether oxygens (including phenoxy) is 1. The van der Waals surface area contributed by atoms with Crippen molar-refractivity contribution in [2.45, 2.75) is 19.0 Å². The number of rotatable bonds is 9. The monoisotopic (exact) mass is 422 g/mol. The lowest BCUT2D eigenvalue weighted by atomic mass is 10.2. The van der Waals surface area contributed by atoms with E-state index in [1.165, 1.54) is 0 Å². The van der Waals surface area contributed by atoms with E-state index in [1.807, 2.05) is 59.2 Å². The van der Waals surface area contributed by atoms with E-state index >= 15 is 0 Å². The highest BCUT2D eigenvalue weighted by atomic mass is 32.2. The molecule has 0 aliphatic heterocycles. The molecule has 30 heavy (non-hydrogen) atoms. The third-order valence-electron chi connectivity index (χ3n) is 5.22. The van der Waals surface area contributed by atoms with Gasteiger partial charge in [-0.25, -0.2) is 4.98 Å². The summed E-state index contributed by atoms with van der Waals surface area (Å²) in [6, 6.07) is 17.7. The molecule has 1 unspecified atom stereocenters. The summed E-state index contributed by atoms with van der Waals surface area (Å²) >= 11 is 1.76. The van der Waals surface area contributed by atoms with Crippen LogP contribution in [0.4, 0.5) is 0 Å². The highest BCUT2D eigenvalue weighted by molar-refractivity contribution is 7.98. The molecule has 2 aromatic heterocycles. The Morgan fingerprint density at radius 2 is 2.03 bits per heavy atom. The zero-order chi connectivity index (χ0) is 20.9. The molecule has 1 amide bonds. The number of carbonyl (C=O) groups excluding carboxylic acids is 1. The lowest BCUT2D eigenvalue weighted by Crippen LogP contribution is -2.31. The quantitative estimate of drug-likeness (QED) is 0.420. The number of hydrogen-bond donors (Lipinski definition) is 2. The van der Waals surface area contributed by atoms with E-state index in [1.54, 1.807) is 18.9 Å². The summed E-state index contributed by atoms with van der Waals surface area (Å²) in [5.41, 5.74) is 3.55. The minimum atomic E-state index is -0.189. The zero-order valence-electron chi connectivity index (χ0n) is 17.2. The van der Waals surface area contributed by atoms with Gasteiger partial charge in [-0.05, 0) is 42.7 Å². The molecule has 0 spiro atoms. The molecule has 0 aliphatic carbocycles. The van der Waals surface area contributed by atoms with E-state index in [2.05, 4.69) is 16.6 Å². The van der Waals surface area contributed by atoms with E-state index in [-0.39, 0.29) is 11.9 Å². The second-order valence-electron chi connectivity index (χ2n) is 7.18. The Kier molecular flexibility index (Phi) is 6.40. The van der Waals surface area contributed by atoms with E-state index < -0.39 is 0 Å². The van der Waals surface area contributed by atoms with Crippen LogP contribution >= 0.6 is 11.8 Å². The van der Waals surface area contributed by atoms with Crippen molar-refractivity contribution in [1.29, 1.82) is 0 Å². The molecule has 2 heterocycles. The van der Waals surface area contributed by atoms with Crippen molar-refractivity contribution in [3.63, 3.8) is 0 Å². The van der Waals surface area contributed by atoms with Gasteiger partial charge in [0, 0.05) is 24.6 Å². The lowest BCUT2D eigenvalue weighted by molar-refractivity contribution is 0.0922. The van der Waals surface area contributed by atoms with Gasteiger partial charge in [0.05, 0.1) is 23.7 Å². The first-order valence-corrected chi connectivity index (χ1v) is 11.4. The second-order valence-corrected chi connectivity index (χ2v) is 8.17. The van der Waals surface area contributed by atoms with Crippen LogP contribution in [0.1, 0.15) is 28.8 Å². The number of para-hydroxylation sites is 3. The summed E-state index contributed by atoms with van der Waals surface area (Å²) in [4.78, 5) is 21.4. The molecule has 4 aromatic rings. The average Bonchev–Trinajstić information content (AvgIpc) is 3.36. The summed E-state index contributed by atoms with van der Waals surface area (Å²) in [5.74, 6) is 1.61. The number of thioether (sulfide) groups is 1. The minimum absolute atomic E-state index is 0.103. The third-order valence-corrected chi connectivity index (χ3v) is 5.86. The fraction of sp³-hybridized carbons (Fsp3) is 0.304. The molecule has 6 nitrogen and oxygen atoms in total. The number of fused-ring (bicyclic) bond motifs is 2. The largest absolute Gasteiger partial charge is 0.383 e. The van der Waals surface area contributed by atoms with Crippen LogP contribution in [0.5, 0.6) is 0 Å². The van der Waals surface area contributed by atoms with Crippen LogP contribution in [0, 0.1) is 0 Å². The first kappa shape index (κ1) is 20.5. The number of methoxy groups -OCH3 is 1. The van der Waals surface area contributed by atoms with Gasteiger partial charge in [0.1, 0.15) is 11.5 Å². The van der Waals surface area contributed by atoms with Crippen molar-refractivity contribution in [2.75, 3.05) is 25.7 Å². The number of H-pyrrole nitrogens is 1. The van der Waals surface area contributed by atoms with E-state index in [4.69, 9.17) is 9.72 Å². The Morgan fingerprint density at radius 3 is 2.83 bits per heavy atom. The normalized spacial score (nSPS) is 12.5. The average molecular weight is 423 g/mol. The Hall–Kier alpha value is -2.77. The van der Waals surface area contributed by atoms with Crippen molar-refractivity contribution in [3.05, 3.63) is 66.1 Å². The van der Waals surface area contributed by atoms with E-state index in [0.29, 0.717) is 18.8 Å². The fourth-order valence-electron chi connectivity index (χ4n) is 3.70. The number of nitrogens with one attached hydrogen (secondary N) is 2. The first-order valence-electron chi connectivity index (χ1n) is 10.0. The number of carbonyl (C=O) groups is 1. The van der Waals surface area contributed by atoms with E-state index in [9.17, 15) is 4.79 Å². The molecule has 0 radical (unpaired) electrons. The van der Waals surface area contributed by atoms with Gasteiger partial charge < -0.3 is 19.6 Å². The van der Waals surface area contributed by atoms with Crippen LogP contribution in [0.2, 0.25) is 0 Å². The standard InChI is InChI=1S/C23H26N4O2S/c1-29-13-12-27-20-10-6-3-7-16(20)15-21(27)23(28)26-19(11-14-30-2)22-24-17-8-4-5-9-18(17)25-22/h3-10,15,19H,11-14H2,1-2H3,(H,24,25)(H,26,28). The number of imidazole rings is 1. The number of nitrogens with zero attached hydrogens (tertiary/aromatic N) is 2. The predicted molar refractivity (Wildman–Crippen MR) is 123 cm³/mol. The second kappa shape index (κ2) is 9.36. The van der Waals surface area contributed by atoms with Crippen LogP contribution in [0.3, 0.4) is 0 Å². The fourth-order valence-corrected chi connectivity index (χ4v) is 4.18. The van der Waals surface area contributed by atoms with Crippen molar-refractivity contribution in [2.24, 2.45) is 0 Å². The molecular weight excluding hydrogens is 396 g/mol. The Labute approximate surface area is 180 Å². The highest BCUT2D eigenvalue weighted by Gasteiger charge is 2.22. The Bertz CT molecular complexity index is 1120. The summed E-state index contributed by atoms with van der Waals surface area (Å²) < 4.78 is 7.29. The molecule has 4 rings (SSSR count). The molecule has 0 saturated heterocycles. The summed E-state index contributed by atoms with van der Waals surface area (Å²) in [5, 5.41) is 4.26. The third kappa shape index (κ3) is 4.22. The van der Waals surface area contributed by atoms with Crippen LogP contribution in [-0.2, 0) is 11.3 Å². The van der Waals surface area contributed by atoms with Gasteiger partial charge in [-0.1, -0.05) is 30.3 Å². The van der Waals surface area contributed by atoms with Gasteiger partial charge in [-0.3, -0.25) is 4.79 Å². The van der Waals surface area contributed by atoms with Gasteiger partial charge in [0.25, 0.3) is 5.91 Å². The number of aromatic amines is 1. The van der Waals surface area contributed by atoms with Gasteiger partial charge >= 0.3 is 0 Å². The molecule has 0 bridgehead atoms. The SMILES string of the molecule is COCCn1c(C(=O)NC(CCSC)c2nc3ccccc3[nH]2)cc2ccccc21. The maximum atomic E-state index is 13.3. The van der Waals surface area contributed by atoms with Crippen molar-refractivity contribution >= 4 is 39.6 Å². The molecule has 2 N–H and O–H groups in total. The molecule has 7 heteroatoms. The number of hydrogen-bond acceptors (Lipinski definition) is 4. The van der Waals surface area contributed by atoms with E-state index in [0.717, 1.165) is 39.9 Å². The molecule has 0 aliphatic rings. The highest BCUT2D eigenvalue weighted by Crippen LogP contribution is 2.23. The molecular formula is C23H26N4O2S. The van der Waals surface area contributed by atoms with Crippen LogP contribution in [0.25, 0.3) is 21.9 Å². The van der Waals surface area contributed by atoms with Gasteiger partial charge in [-0.2, -0.15) is 11.8 Å². The number of aromatic nitrogens is 3. The number of amides is 1. The van der Waals surface area contributed by atoms with Crippen molar-refractivity contribution < 1.29 is 9.53 Å². The topological polar surface area (TPSA) is 71.9 Å². The summed E-state index contributed by atoms with van der Waals surface area (Å²) in [6.45, 7) is 1.16. The Balaban J connectivity index is 1.65. The van der Waals surface area contributed by atoms with Crippen LogP contribution in [-0.4, -0.2) is 46.2 Å². The molecule has 156 valence electrons. The molecule has 0 fully saturated rings. The maximum absolute atomic E-state index is 13.3. The van der Waals surface area contributed by atoms with Crippen LogP contribution in [0.15, 0.2) is 54.6 Å². The summed E-state index contributed by atoms with van der Waals surface area (Å²) in [7, 11) is 1.67. The lowest BCUT2D eigenvalue weighted by Gasteiger charge is -2.17. The number of benzene rings is 2. The predicted octanol–water partition coefficient (Wildman–Crippen LogP) is 4.39. The summed E-state index contributed by atoms with van der Waals surface area (Å²) in [6.07, 6.45) is 2.87. The first-order chi connectivity index (χ1) is 14.7. The van der Waals surface area contributed by atoms with Crippen molar-refractivity contribution in [3.8, 4) is 0 Å². The molecule has 2 aromatic carbocycles. The molecule has 0 saturated carbocycles. The zero-order valence-corrected chi connectivity index (χ0v) is 18.0. The van der Waals surface area contributed by atoms with Crippen molar-refractivity contribution in [1.82, 2.24) is 19.9 Å².